The quantitative estimate of drug-likeness (QED) is 0.598. The van der Waals surface area contributed by atoms with Gasteiger partial charge in [0.1, 0.15) is 0 Å². The number of fused-ring (bicyclic) bond motifs is 3. The van der Waals surface area contributed by atoms with Gasteiger partial charge in [0.15, 0.2) is 5.65 Å². The lowest BCUT2D eigenvalue weighted by molar-refractivity contribution is 0.288. The van der Waals surface area contributed by atoms with Crippen LogP contribution in [0.25, 0.3) is 22.2 Å². The fourth-order valence-electron chi connectivity index (χ4n) is 2.51. The number of para-hydroxylation sites is 1. The molecule has 3 aromatic heterocycles. The number of aromatic nitrogens is 7. The van der Waals surface area contributed by atoms with Gasteiger partial charge < -0.3 is 5.11 Å². The second-order valence-corrected chi connectivity index (χ2v) is 4.98. The lowest BCUT2D eigenvalue weighted by Gasteiger charge is -2.06. The van der Waals surface area contributed by atoms with Gasteiger partial charge in [0.25, 0.3) is 0 Å². The number of aliphatic hydroxyl groups is 1. The molecule has 0 atom stereocenters. The van der Waals surface area contributed by atoms with Crippen LogP contribution in [0.15, 0.2) is 36.5 Å². The summed E-state index contributed by atoms with van der Waals surface area (Å²) in [6.45, 7) is 0.146. The molecule has 0 saturated carbocycles. The van der Waals surface area contributed by atoms with Crippen LogP contribution >= 0.6 is 0 Å². The summed E-state index contributed by atoms with van der Waals surface area (Å²) in [6.07, 6.45) is 3.24. The lowest BCUT2D eigenvalue weighted by atomic mass is 10.2. The van der Waals surface area contributed by atoms with Crippen molar-refractivity contribution >= 4 is 16.6 Å². The molecule has 1 N–H and O–H groups in total. The van der Waals surface area contributed by atoms with Crippen LogP contribution in [-0.4, -0.2) is 46.7 Å². The average molecular weight is 295 g/mol. The number of benzene rings is 1. The first-order valence-corrected chi connectivity index (χ1v) is 6.99. The smallest absolute Gasteiger partial charge is 0.182 e. The van der Waals surface area contributed by atoms with Crippen molar-refractivity contribution in [2.24, 2.45) is 0 Å². The van der Waals surface area contributed by atoms with E-state index < -0.39 is 0 Å². The third kappa shape index (κ3) is 2.01. The Labute approximate surface area is 125 Å². The molecule has 0 bridgehead atoms. The van der Waals surface area contributed by atoms with Gasteiger partial charge in [-0.2, -0.15) is 4.52 Å². The van der Waals surface area contributed by atoms with Crippen LogP contribution in [0.1, 0.15) is 12.1 Å². The van der Waals surface area contributed by atoms with Gasteiger partial charge in [0.05, 0.1) is 23.1 Å². The van der Waals surface area contributed by atoms with E-state index in [1.165, 1.54) is 0 Å². The Hall–Kier alpha value is -2.87. The number of hydrogen-bond acceptors (Lipinski definition) is 6. The van der Waals surface area contributed by atoms with Gasteiger partial charge in [-0.1, -0.05) is 23.4 Å². The zero-order chi connectivity index (χ0) is 14.9. The van der Waals surface area contributed by atoms with Gasteiger partial charge in [-0.25, -0.2) is 4.68 Å². The van der Waals surface area contributed by atoms with Crippen molar-refractivity contribution < 1.29 is 5.11 Å². The molecular formula is C14H13N7O. The summed E-state index contributed by atoms with van der Waals surface area (Å²) in [5.74, 6) is 0. The van der Waals surface area contributed by atoms with Crippen LogP contribution in [-0.2, 0) is 6.42 Å². The summed E-state index contributed by atoms with van der Waals surface area (Å²) < 4.78 is 3.42. The number of nitrogens with zero attached hydrogens (tertiary/aromatic N) is 7. The number of rotatable bonds is 4. The van der Waals surface area contributed by atoms with E-state index in [9.17, 15) is 0 Å². The lowest BCUT2D eigenvalue weighted by Crippen LogP contribution is -2.00. The predicted molar refractivity (Wildman–Crippen MR) is 78.6 cm³/mol. The SMILES string of the molecule is OCCCc1cn(-c2cc3nnnn3c3ccccc23)nn1. The largest absolute Gasteiger partial charge is 0.396 e. The van der Waals surface area contributed by atoms with Crippen LogP contribution < -0.4 is 0 Å². The third-order valence-electron chi connectivity index (χ3n) is 3.55. The Balaban J connectivity index is 1.90. The van der Waals surface area contributed by atoms with Crippen molar-refractivity contribution in [2.45, 2.75) is 12.8 Å². The van der Waals surface area contributed by atoms with Crippen molar-refractivity contribution in [1.82, 2.24) is 35.0 Å². The van der Waals surface area contributed by atoms with Crippen molar-refractivity contribution in [1.29, 1.82) is 0 Å². The minimum atomic E-state index is 0.146. The Bertz CT molecular complexity index is 943. The van der Waals surface area contributed by atoms with E-state index in [1.807, 2.05) is 36.5 Å². The van der Waals surface area contributed by atoms with Gasteiger partial charge in [0.2, 0.25) is 0 Å². The number of hydrogen-bond donors (Lipinski definition) is 1. The first kappa shape index (κ1) is 12.8. The molecule has 0 fully saturated rings. The monoisotopic (exact) mass is 295 g/mol. The molecule has 0 aliphatic rings. The second kappa shape index (κ2) is 5.15. The summed E-state index contributed by atoms with van der Waals surface area (Å²) in [5.41, 5.74) is 3.28. The Kier molecular flexibility index (Phi) is 3.01. The topological polar surface area (TPSA) is 94.0 Å². The minimum absolute atomic E-state index is 0.146. The molecule has 22 heavy (non-hydrogen) atoms. The molecule has 0 spiro atoms. The summed E-state index contributed by atoms with van der Waals surface area (Å²) in [6, 6.07) is 9.76. The highest BCUT2D eigenvalue weighted by atomic mass is 16.2. The molecular weight excluding hydrogens is 282 g/mol. The summed E-state index contributed by atoms with van der Waals surface area (Å²) in [5, 5.41) is 30.0. The highest BCUT2D eigenvalue weighted by Gasteiger charge is 2.11. The van der Waals surface area contributed by atoms with Gasteiger partial charge in [-0.3, -0.25) is 0 Å². The predicted octanol–water partition coefficient (Wildman–Crippen LogP) is 0.783. The number of aryl methyl sites for hydroxylation is 1. The number of tetrazole rings is 1. The molecule has 0 aliphatic carbocycles. The van der Waals surface area contributed by atoms with Gasteiger partial charge >= 0.3 is 0 Å². The molecule has 1 aromatic carbocycles. The molecule has 4 rings (SSSR count). The fourth-order valence-corrected chi connectivity index (χ4v) is 2.51. The van der Waals surface area contributed by atoms with E-state index in [0.717, 1.165) is 22.3 Å². The van der Waals surface area contributed by atoms with Gasteiger partial charge in [-0.15, -0.1) is 10.2 Å². The molecule has 0 unspecified atom stereocenters. The number of aliphatic hydroxyl groups excluding tert-OH is 1. The molecule has 0 radical (unpaired) electrons. The Morgan fingerprint density at radius 1 is 1.09 bits per heavy atom. The summed E-state index contributed by atoms with van der Waals surface area (Å²) in [4.78, 5) is 0. The van der Waals surface area contributed by atoms with Crippen LogP contribution in [0.4, 0.5) is 0 Å². The van der Waals surface area contributed by atoms with E-state index in [2.05, 4.69) is 25.8 Å². The van der Waals surface area contributed by atoms with E-state index in [4.69, 9.17) is 5.11 Å². The zero-order valence-electron chi connectivity index (χ0n) is 11.7. The third-order valence-corrected chi connectivity index (χ3v) is 3.55. The molecule has 110 valence electrons. The maximum absolute atomic E-state index is 8.91. The van der Waals surface area contributed by atoms with Crippen molar-refractivity contribution in [3.05, 3.63) is 42.2 Å². The molecule has 0 aliphatic heterocycles. The van der Waals surface area contributed by atoms with Crippen molar-refractivity contribution in [3.8, 4) is 5.69 Å². The first-order valence-electron chi connectivity index (χ1n) is 6.99. The van der Waals surface area contributed by atoms with Crippen LogP contribution in [0.5, 0.6) is 0 Å². The van der Waals surface area contributed by atoms with Crippen molar-refractivity contribution in [2.75, 3.05) is 6.61 Å². The fraction of sp³-hybridized carbons (Fsp3) is 0.214. The van der Waals surface area contributed by atoms with Crippen LogP contribution in [0.2, 0.25) is 0 Å². The first-order chi connectivity index (χ1) is 10.9. The highest BCUT2D eigenvalue weighted by Crippen LogP contribution is 2.23. The Morgan fingerprint density at radius 2 is 2.00 bits per heavy atom. The molecule has 0 saturated heterocycles. The minimum Gasteiger partial charge on any atom is -0.396 e. The van der Waals surface area contributed by atoms with Crippen molar-refractivity contribution in [3.63, 3.8) is 0 Å². The maximum atomic E-state index is 8.91. The summed E-state index contributed by atoms with van der Waals surface area (Å²) >= 11 is 0. The normalized spacial score (nSPS) is 11.5. The van der Waals surface area contributed by atoms with Crippen LogP contribution in [0, 0.1) is 0 Å². The van der Waals surface area contributed by atoms with Crippen LogP contribution in [0.3, 0.4) is 0 Å². The number of pyridine rings is 1. The van der Waals surface area contributed by atoms with E-state index in [-0.39, 0.29) is 6.61 Å². The van der Waals surface area contributed by atoms with Gasteiger partial charge in [0, 0.05) is 18.1 Å². The standard InChI is InChI=1S/C14H13N7O/c22-7-3-4-10-9-20(18-15-10)13-8-14-16-17-19-21(14)12-6-2-1-5-11(12)13/h1-2,5-6,8-9,22H,3-4,7H2. The molecule has 4 aromatic rings. The summed E-state index contributed by atoms with van der Waals surface area (Å²) in [7, 11) is 0. The van der Waals surface area contributed by atoms with Gasteiger partial charge in [-0.05, 0) is 29.3 Å². The Morgan fingerprint density at radius 3 is 2.91 bits per heavy atom. The molecule has 3 heterocycles. The zero-order valence-corrected chi connectivity index (χ0v) is 11.7. The molecule has 8 heteroatoms. The molecule has 0 amide bonds. The maximum Gasteiger partial charge on any atom is 0.182 e. The van der Waals surface area contributed by atoms with E-state index in [0.29, 0.717) is 18.5 Å². The highest BCUT2D eigenvalue weighted by molar-refractivity contribution is 5.89. The molecule has 8 nitrogen and oxygen atoms in total. The average Bonchev–Trinajstić information content (AvgIpc) is 3.21. The van der Waals surface area contributed by atoms with E-state index >= 15 is 0 Å². The second-order valence-electron chi connectivity index (χ2n) is 4.98. The van der Waals surface area contributed by atoms with E-state index in [1.54, 1.807) is 9.20 Å².